The topological polar surface area (TPSA) is 34.1 Å². The lowest BCUT2D eigenvalue weighted by molar-refractivity contribution is -0.114. The lowest BCUT2D eigenvalue weighted by Gasteiger charge is -1.53. The highest BCUT2D eigenvalue weighted by Gasteiger charge is 1.65. The van der Waals surface area contributed by atoms with E-state index >= 15 is 0 Å². The van der Waals surface area contributed by atoms with Crippen molar-refractivity contribution in [3.8, 4) is 0 Å². The van der Waals surface area contributed by atoms with E-state index in [0.717, 1.165) is 0 Å². The summed E-state index contributed by atoms with van der Waals surface area (Å²) in [7, 11) is 0. The van der Waals surface area contributed by atoms with Crippen LogP contribution < -0.4 is 0 Å². The predicted molar refractivity (Wildman–Crippen MR) is 16.7 cm³/mol. The van der Waals surface area contributed by atoms with Crippen LogP contribution in [0, 0.1) is 0 Å². The molecule has 0 aliphatic carbocycles. The lowest BCUT2D eigenvalue weighted by atomic mass is 10.7. The Bertz CT molecular complexity index is 34.2. The zero-order valence-electron chi connectivity index (χ0n) is 2.68. The van der Waals surface area contributed by atoms with Gasteiger partial charge in [-0.3, -0.25) is 0 Å². The summed E-state index contributed by atoms with van der Waals surface area (Å²) in [6, 6.07) is 0. The van der Waals surface area contributed by atoms with Crippen molar-refractivity contribution in [3.05, 3.63) is 0 Å². The molecule has 2 heteroatoms. The van der Waals surface area contributed by atoms with Crippen LogP contribution >= 0.6 is 0 Å². The average molecular weight is 73.1 g/mol. The summed E-state index contributed by atoms with van der Waals surface area (Å²) in [5, 5.41) is 0. The quantitative estimate of drug-likeness (QED) is 0.257. The first-order valence-electron chi connectivity index (χ1n) is 1.29. The number of carbonyl (C=O) groups is 2. The molecule has 0 unspecified atom stereocenters. The van der Waals surface area contributed by atoms with E-state index in [0.29, 0.717) is 12.6 Å². The third kappa shape index (κ3) is 3.34. The van der Waals surface area contributed by atoms with Crippen molar-refractivity contribution < 1.29 is 9.59 Å². The van der Waals surface area contributed by atoms with E-state index < -0.39 is 0 Å². The van der Waals surface area contributed by atoms with Crippen molar-refractivity contribution >= 4 is 12.6 Å². The van der Waals surface area contributed by atoms with Gasteiger partial charge in [0.2, 0.25) is 0 Å². The molecule has 5 heavy (non-hydrogen) atoms. The average Bonchev–Trinajstić information content (AvgIpc) is 1.41. The highest BCUT2D eigenvalue weighted by molar-refractivity contribution is 5.72. The van der Waals surface area contributed by atoms with E-state index in [1.807, 2.05) is 0 Å². The first-order valence-corrected chi connectivity index (χ1v) is 1.29. The maximum Gasteiger partial charge on any atom is 0.127 e. The van der Waals surface area contributed by atoms with E-state index in [1.54, 1.807) is 0 Å². The fourth-order valence-corrected chi connectivity index (χ4v) is 0.0393. The fourth-order valence-electron chi connectivity index (χ4n) is 0.0393. The molecule has 0 N–H and O–H groups in total. The summed E-state index contributed by atoms with van der Waals surface area (Å²) in [5.74, 6) is 0. The van der Waals surface area contributed by atoms with E-state index in [-0.39, 0.29) is 6.42 Å². The summed E-state index contributed by atoms with van der Waals surface area (Å²) in [6.45, 7) is 0. The van der Waals surface area contributed by atoms with Gasteiger partial charge in [0, 0.05) is 0 Å². The van der Waals surface area contributed by atoms with Crippen LogP contribution in [0.1, 0.15) is 6.42 Å². The standard InChI is InChI=1S/C3H4O2/c4-2-1-3-5/h2-3H,1H2/i2+1. The van der Waals surface area contributed by atoms with Crippen LogP contribution in [0.15, 0.2) is 0 Å². The Kier molecular flexibility index (Phi) is 2.90. The molecule has 2 nitrogen and oxygen atoms in total. The maximum absolute atomic E-state index is 9.17. The Balaban J connectivity index is 2.65. The van der Waals surface area contributed by atoms with E-state index in [9.17, 15) is 9.59 Å². The van der Waals surface area contributed by atoms with Gasteiger partial charge in [-0.05, 0) is 0 Å². The Morgan fingerprint density at radius 3 is 1.60 bits per heavy atom. The highest BCUT2D eigenvalue weighted by Crippen LogP contribution is 1.50. The van der Waals surface area contributed by atoms with Gasteiger partial charge in [-0.2, -0.15) is 0 Å². The van der Waals surface area contributed by atoms with Crippen LogP contribution in [0.2, 0.25) is 0 Å². The Labute approximate surface area is 29.8 Å². The van der Waals surface area contributed by atoms with Crippen LogP contribution in [0.3, 0.4) is 0 Å². The molecular formula is C3H4O2. The van der Waals surface area contributed by atoms with Crippen molar-refractivity contribution in [2.75, 3.05) is 0 Å². The molecule has 0 fully saturated rings. The van der Waals surface area contributed by atoms with E-state index in [2.05, 4.69) is 0 Å². The zero-order valence-corrected chi connectivity index (χ0v) is 2.68. The van der Waals surface area contributed by atoms with Crippen LogP contribution in [0.4, 0.5) is 0 Å². The minimum atomic E-state index is 0.0278. The second kappa shape index (κ2) is 3.34. The van der Waals surface area contributed by atoms with Crippen molar-refractivity contribution in [3.63, 3.8) is 0 Å². The van der Waals surface area contributed by atoms with Crippen molar-refractivity contribution in [2.45, 2.75) is 6.42 Å². The van der Waals surface area contributed by atoms with Crippen molar-refractivity contribution in [1.29, 1.82) is 0 Å². The predicted octanol–water partition coefficient (Wildman–Crippen LogP) is -0.226. The van der Waals surface area contributed by atoms with Gasteiger partial charge in [0.05, 0.1) is 6.42 Å². The number of hydrogen-bond acceptors (Lipinski definition) is 2. The molecule has 0 spiro atoms. The molecule has 28 valence electrons. The molecule has 0 amide bonds. The maximum atomic E-state index is 9.17. The number of rotatable bonds is 2. The number of hydrogen-bond donors (Lipinski definition) is 0. The van der Waals surface area contributed by atoms with Crippen molar-refractivity contribution in [2.24, 2.45) is 0 Å². The van der Waals surface area contributed by atoms with Crippen LogP contribution in [0.25, 0.3) is 0 Å². The molecule has 0 saturated carbocycles. The Morgan fingerprint density at radius 2 is 1.60 bits per heavy atom. The lowest BCUT2D eigenvalue weighted by Crippen LogP contribution is -1.69. The van der Waals surface area contributed by atoms with Gasteiger partial charge in [0.1, 0.15) is 12.6 Å². The summed E-state index contributed by atoms with van der Waals surface area (Å²) in [4.78, 5) is 18.3. The molecule has 0 bridgehead atoms. The Morgan fingerprint density at radius 1 is 1.20 bits per heavy atom. The van der Waals surface area contributed by atoms with E-state index in [1.165, 1.54) is 0 Å². The van der Waals surface area contributed by atoms with Crippen LogP contribution in [-0.4, -0.2) is 12.6 Å². The molecule has 0 radical (unpaired) electrons. The monoisotopic (exact) mass is 73.0 g/mol. The van der Waals surface area contributed by atoms with Gasteiger partial charge in [-0.25, -0.2) is 0 Å². The minimum absolute atomic E-state index is 0.0278. The fraction of sp³-hybridized carbons (Fsp3) is 0.333. The third-order valence-corrected chi connectivity index (χ3v) is 0.192. The van der Waals surface area contributed by atoms with Crippen LogP contribution in [-0.2, 0) is 9.59 Å². The van der Waals surface area contributed by atoms with Gasteiger partial charge >= 0.3 is 0 Å². The van der Waals surface area contributed by atoms with Gasteiger partial charge in [-0.15, -0.1) is 0 Å². The second-order valence-electron chi connectivity index (χ2n) is 0.569. The number of aldehydes is 2. The van der Waals surface area contributed by atoms with Gasteiger partial charge < -0.3 is 9.59 Å². The molecule has 0 saturated heterocycles. The molecule has 0 atom stereocenters. The minimum Gasteiger partial charge on any atom is -0.303 e. The number of carbonyl (C=O) groups excluding carboxylic acids is 2. The second-order valence-corrected chi connectivity index (χ2v) is 0.569. The zero-order chi connectivity index (χ0) is 4.12. The molecule has 0 heterocycles. The van der Waals surface area contributed by atoms with Crippen molar-refractivity contribution in [1.82, 2.24) is 0 Å². The molecule has 0 aromatic heterocycles. The molecule has 0 aromatic carbocycles. The van der Waals surface area contributed by atoms with Gasteiger partial charge in [0.15, 0.2) is 0 Å². The highest BCUT2D eigenvalue weighted by atomic mass is 16.2. The van der Waals surface area contributed by atoms with Gasteiger partial charge in [-0.1, -0.05) is 0 Å². The smallest absolute Gasteiger partial charge is 0.127 e. The summed E-state index contributed by atoms with van der Waals surface area (Å²) >= 11 is 0. The third-order valence-electron chi connectivity index (χ3n) is 0.192. The molecule has 0 aromatic rings. The van der Waals surface area contributed by atoms with E-state index in [4.69, 9.17) is 0 Å². The van der Waals surface area contributed by atoms with Gasteiger partial charge in [0.25, 0.3) is 0 Å². The summed E-state index contributed by atoms with van der Waals surface area (Å²) in [6.07, 6.45) is 1.15. The normalized spacial score (nSPS) is 6.40. The molecule has 0 aliphatic rings. The SMILES string of the molecule is O=CC[13CH]=O. The summed E-state index contributed by atoms with van der Waals surface area (Å²) in [5.41, 5.74) is 0. The van der Waals surface area contributed by atoms with Crippen LogP contribution in [0.5, 0.6) is 0 Å². The first-order chi connectivity index (χ1) is 2.41. The Hall–Kier alpha value is -0.660. The molecule has 0 rings (SSSR count). The molecular weight excluding hydrogens is 69.0 g/mol. The largest absolute Gasteiger partial charge is 0.303 e. The summed E-state index contributed by atoms with van der Waals surface area (Å²) < 4.78 is 0. The first kappa shape index (κ1) is 4.34. The molecule has 0 aliphatic heterocycles.